The van der Waals surface area contributed by atoms with Gasteiger partial charge in [0.15, 0.2) is 5.60 Å². The lowest BCUT2D eigenvalue weighted by atomic mass is 9.91. The number of hydrogen-bond donors (Lipinski definition) is 2. The Morgan fingerprint density at radius 2 is 2.15 bits per heavy atom. The van der Waals surface area contributed by atoms with Gasteiger partial charge in [0.05, 0.1) is 0 Å². The summed E-state index contributed by atoms with van der Waals surface area (Å²) in [5.74, 6) is 0.173. The molecule has 1 aromatic heterocycles. The highest BCUT2D eigenvalue weighted by molar-refractivity contribution is 6.04. The summed E-state index contributed by atoms with van der Waals surface area (Å²) in [6.45, 7) is 3.95. The van der Waals surface area contributed by atoms with Crippen molar-refractivity contribution in [1.29, 1.82) is 0 Å². The largest absolute Gasteiger partial charge is 0.375 e. The van der Waals surface area contributed by atoms with E-state index in [9.17, 15) is 9.90 Å². The molecule has 1 unspecified atom stereocenters. The maximum Gasteiger partial charge on any atom is 0.261 e. The average Bonchev–Trinajstić information content (AvgIpc) is 2.95. The Hall–Kier alpha value is -2.21. The van der Waals surface area contributed by atoms with E-state index in [4.69, 9.17) is 0 Å². The summed E-state index contributed by atoms with van der Waals surface area (Å²) in [6, 6.07) is 7.27. The van der Waals surface area contributed by atoms with Crippen LogP contribution >= 0.6 is 0 Å². The number of amides is 1. The molecular formula is C14H16N4O2. The minimum Gasteiger partial charge on any atom is -0.375 e. The smallest absolute Gasteiger partial charge is 0.261 e. The van der Waals surface area contributed by atoms with Crippen molar-refractivity contribution >= 4 is 11.6 Å². The number of carbonyl (C=O) groups is 1. The summed E-state index contributed by atoms with van der Waals surface area (Å²) < 4.78 is 1.71. The molecule has 6 heteroatoms. The molecule has 1 amide bonds. The van der Waals surface area contributed by atoms with Crippen LogP contribution in [0.2, 0.25) is 0 Å². The lowest BCUT2D eigenvalue weighted by Gasteiger charge is -2.21. The minimum absolute atomic E-state index is 0.105. The van der Waals surface area contributed by atoms with Gasteiger partial charge in [0.25, 0.3) is 5.91 Å². The van der Waals surface area contributed by atoms with Gasteiger partial charge in [-0.1, -0.05) is 18.2 Å². The Morgan fingerprint density at radius 1 is 1.40 bits per heavy atom. The van der Waals surface area contributed by atoms with Gasteiger partial charge >= 0.3 is 0 Å². The number of rotatable bonds is 3. The van der Waals surface area contributed by atoms with Gasteiger partial charge in [-0.3, -0.25) is 4.79 Å². The van der Waals surface area contributed by atoms with Crippen LogP contribution in [0, 0.1) is 0 Å². The zero-order valence-electron chi connectivity index (χ0n) is 11.4. The van der Waals surface area contributed by atoms with Gasteiger partial charge in [-0.25, -0.2) is 9.67 Å². The van der Waals surface area contributed by atoms with Crippen molar-refractivity contribution in [3.8, 4) is 0 Å². The standard InChI is InChI=1S/C14H16N4O2/c1-9(2)18-12(15-8-16-18)7-14(20)10-5-3-4-6-11(10)17-13(14)19/h3-6,8-9,20H,7H2,1-2H3,(H,17,19). The van der Waals surface area contributed by atoms with Crippen LogP contribution in [0.5, 0.6) is 0 Å². The lowest BCUT2D eigenvalue weighted by molar-refractivity contribution is -0.133. The first-order chi connectivity index (χ1) is 9.52. The molecule has 0 saturated carbocycles. The van der Waals surface area contributed by atoms with Gasteiger partial charge in [0, 0.05) is 23.7 Å². The Labute approximate surface area is 116 Å². The molecule has 0 bridgehead atoms. The van der Waals surface area contributed by atoms with E-state index in [-0.39, 0.29) is 12.5 Å². The van der Waals surface area contributed by atoms with Crippen LogP contribution in [0.15, 0.2) is 30.6 Å². The molecule has 0 radical (unpaired) electrons. The molecule has 0 spiro atoms. The zero-order chi connectivity index (χ0) is 14.3. The Bertz CT molecular complexity index is 665. The second kappa shape index (κ2) is 4.42. The summed E-state index contributed by atoms with van der Waals surface area (Å²) in [4.78, 5) is 16.3. The second-order valence-electron chi connectivity index (χ2n) is 5.25. The number of aliphatic hydroxyl groups is 1. The number of carbonyl (C=O) groups excluding carboxylic acids is 1. The monoisotopic (exact) mass is 272 g/mol. The number of aromatic nitrogens is 3. The van der Waals surface area contributed by atoms with Crippen molar-refractivity contribution in [3.63, 3.8) is 0 Å². The third kappa shape index (κ3) is 1.80. The van der Waals surface area contributed by atoms with Crippen molar-refractivity contribution in [1.82, 2.24) is 14.8 Å². The van der Waals surface area contributed by atoms with Crippen LogP contribution in [-0.4, -0.2) is 25.8 Å². The number of nitrogens with one attached hydrogen (secondary N) is 1. The van der Waals surface area contributed by atoms with Crippen LogP contribution in [0.4, 0.5) is 5.69 Å². The molecule has 1 aliphatic rings. The molecule has 1 aliphatic heterocycles. The average molecular weight is 272 g/mol. The first-order valence-electron chi connectivity index (χ1n) is 6.54. The summed E-state index contributed by atoms with van der Waals surface area (Å²) >= 11 is 0. The van der Waals surface area contributed by atoms with Crippen molar-refractivity contribution in [2.75, 3.05) is 5.32 Å². The number of anilines is 1. The van der Waals surface area contributed by atoms with Gasteiger partial charge in [-0.05, 0) is 19.9 Å². The van der Waals surface area contributed by atoms with E-state index >= 15 is 0 Å². The molecule has 2 heterocycles. The summed E-state index contributed by atoms with van der Waals surface area (Å²) in [7, 11) is 0. The van der Waals surface area contributed by atoms with Crippen LogP contribution in [0.1, 0.15) is 31.3 Å². The van der Waals surface area contributed by atoms with E-state index in [1.165, 1.54) is 6.33 Å². The molecule has 0 fully saturated rings. The third-order valence-corrected chi connectivity index (χ3v) is 3.55. The predicted octanol–water partition coefficient (Wildman–Crippen LogP) is 1.24. The van der Waals surface area contributed by atoms with Crippen molar-refractivity contribution < 1.29 is 9.90 Å². The fraction of sp³-hybridized carbons (Fsp3) is 0.357. The quantitative estimate of drug-likeness (QED) is 0.881. The van der Waals surface area contributed by atoms with Gasteiger partial charge in [-0.15, -0.1) is 0 Å². The van der Waals surface area contributed by atoms with Crippen LogP contribution in [0.3, 0.4) is 0 Å². The maximum atomic E-state index is 12.1. The maximum absolute atomic E-state index is 12.1. The summed E-state index contributed by atoms with van der Waals surface area (Å²) in [5.41, 5.74) is -0.352. The van der Waals surface area contributed by atoms with E-state index in [0.29, 0.717) is 17.1 Å². The highest BCUT2D eigenvalue weighted by atomic mass is 16.3. The first kappa shape index (κ1) is 12.8. The Balaban J connectivity index is 2.01. The fourth-order valence-corrected chi connectivity index (χ4v) is 2.54. The highest BCUT2D eigenvalue weighted by Crippen LogP contribution is 2.37. The highest BCUT2D eigenvalue weighted by Gasteiger charge is 2.46. The van der Waals surface area contributed by atoms with E-state index in [1.807, 2.05) is 19.9 Å². The predicted molar refractivity (Wildman–Crippen MR) is 73.1 cm³/mol. The number of nitrogens with zero attached hydrogens (tertiary/aromatic N) is 3. The molecule has 1 aromatic carbocycles. The fourth-order valence-electron chi connectivity index (χ4n) is 2.54. The molecule has 2 aromatic rings. The Kier molecular flexibility index (Phi) is 2.83. The van der Waals surface area contributed by atoms with Crippen molar-refractivity contribution in [2.24, 2.45) is 0 Å². The van der Waals surface area contributed by atoms with Crippen molar-refractivity contribution in [2.45, 2.75) is 31.9 Å². The molecule has 0 aliphatic carbocycles. The molecule has 20 heavy (non-hydrogen) atoms. The van der Waals surface area contributed by atoms with E-state index < -0.39 is 11.5 Å². The van der Waals surface area contributed by atoms with Crippen LogP contribution in [0.25, 0.3) is 0 Å². The number of para-hydroxylation sites is 1. The van der Waals surface area contributed by atoms with E-state index in [0.717, 1.165) is 0 Å². The molecule has 3 rings (SSSR count). The SMILES string of the molecule is CC(C)n1ncnc1CC1(O)C(=O)Nc2ccccc21. The topological polar surface area (TPSA) is 80.0 Å². The van der Waals surface area contributed by atoms with Gasteiger partial charge in [0.2, 0.25) is 0 Å². The van der Waals surface area contributed by atoms with Gasteiger partial charge in [0.1, 0.15) is 12.2 Å². The molecule has 104 valence electrons. The number of hydrogen-bond acceptors (Lipinski definition) is 4. The molecular weight excluding hydrogens is 256 g/mol. The molecule has 6 nitrogen and oxygen atoms in total. The van der Waals surface area contributed by atoms with E-state index in [2.05, 4.69) is 15.4 Å². The molecule has 2 N–H and O–H groups in total. The molecule has 0 saturated heterocycles. The van der Waals surface area contributed by atoms with Gasteiger partial charge in [-0.2, -0.15) is 5.10 Å². The lowest BCUT2D eigenvalue weighted by Crippen LogP contribution is -2.37. The van der Waals surface area contributed by atoms with E-state index in [1.54, 1.807) is 22.9 Å². The minimum atomic E-state index is -1.59. The second-order valence-corrected chi connectivity index (χ2v) is 5.25. The van der Waals surface area contributed by atoms with Crippen LogP contribution < -0.4 is 5.32 Å². The zero-order valence-corrected chi connectivity index (χ0v) is 11.4. The van der Waals surface area contributed by atoms with Crippen molar-refractivity contribution in [3.05, 3.63) is 42.0 Å². The number of fused-ring (bicyclic) bond motifs is 1. The summed E-state index contributed by atoms with van der Waals surface area (Å²) in [5, 5.41) is 17.6. The molecule has 1 atom stereocenters. The summed E-state index contributed by atoms with van der Waals surface area (Å²) in [6.07, 6.45) is 1.55. The Morgan fingerprint density at radius 3 is 2.90 bits per heavy atom. The number of benzene rings is 1. The van der Waals surface area contributed by atoms with Gasteiger partial charge < -0.3 is 10.4 Å². The first-order valence-corrected chi connectivity index (χ1v) is 6.54. The van der Waals surface area contributed by atoms with Crippen LogP contribution in [-0.2, 0) is 16.8 Å². The third-order valence-electron chi connectivity index (χ3n) is 3.55. The normalized spacial score (nSPS) is 21.1.